The molecule has 0 aromatic heterocycles. The molecule has 1 fully saturated rings. The molecule has 0 unspecified atom stereocenters. The highest BCUT2D eigenvalue weighted by Crippen LogP contribution is 2.43. The van der Waals surface area contributed by atoms with E-state index in [1.165, 1.54) is 0 Å². The molecule has 0 saturated heterocycles. The minimum atomic E-state index is -2.79. The molecule has 66 valence electrons. The number of hydrogen-bond acceptors (Lipinski definition) is 2. The van der Waals surface area contributed by atoms with Gasteiger partial charge in [0, 0.05) is 12.8 Å². The topological polar surface area (TPSA) is 69.1 Å². The van der Waals surface area contributed by atoms with E-state index in [0.29, 0.717) is 0 Å². The van der Waals surface area contributed by atoms with Crippen LogP contribution in [-0.2, 0) is 4.79 Å². The number of alkyl halides is 2. The summed E-state index contributed by atoms with van der Waals surface area (Å²) in [5.41, 5.74) is 8.47. The van der Waals surface area contributed by atoms with E-state index in [1.807, 2.05) is 0 Å². The van der Waals surface area contributed by atoms with Crippen LogP contribution >= 0.6 is 12.4 Å². The third-order valence-electron chi connectivity index (χ3n) is 1.64. The second-order valence-electron chi connectivity index (χ2n) is 2.73. The lowest BCUT2D eigenvalue weighted by Crippen LogP contribution is -2.65. The molecule has 0 bridgehead atoms. The average Bonchev–Trinajstić information content (AvgIpc) is 1.59. The predicted octanol–water partition coefficient (Wildman–Crippen LogP) is 0.0201. The monoisotopic (exact) mass is 186 g/mol. The Kier molecular flexibility index (Phi) is 2.47. The number of hydrogen-bond donors (Lipinski definition) is 2. The van der Waals surface area contributed by atoms with E-state index in [2.05, 4.69) is 0 Å². The first-order valence-corrected chi connectivity index (χ1v) is 2.82. The van der Waals surface area contributed by atoms with Crippen molar-refractivity contribution in [1.82, 2.24) is 0 Å². The summed E-state index contributed by atoms with van der Waals surface area (Å²) in [7, 11) is 0. The van der Waals surface area contributed by atoms with Crippen molar-refractivity contribution in [2.45, 2.75) is 24.3 Å². The van der Waals surface area contributed by atoms with Crippen LogP contribution in [0.3, 0.4) is 0 Å². The third-order valence-corrected chi connectivity index (χ3v) is 1.64. The molecule has 11 heavy (non-hydrogen) atoms. The Labute approximate surface area is 68.5 Å². The average molecular weight is 187 g/mol. The van der Waals surface area contributed by atoms with Gasteiger partial charge in [-0.3, -0.25) is 4.79 Å². The highest BCUT2D eigenvalue weighted by Gasteiger charge is 2.57. The summed E-state index contributed by atoms with van der Waals surface area (Å²) in [4.78, 5) is 10.4. The first kappa shape index (κ1) is 10.6. The highest BCUT2D eigenvalue weighted by atomic mass is 35.5. The zero-order valence-corrected chi connectivity index (χ0v) is 6.46. The van der Waals surface area contributed by atoms with Crippen LogP contribution in [0, 0.1) is 0 Å². The van der Waals surface area contributed by atoms with Gasteiger partial charge in [-0.1, -0.05) is 0 Å². The van der Waals surface area contributed by atoms with Gasteiger partial charge in [0.1, 0.15) is 5.54 Å². The van der Waals surface area contributed by atoms with E-state index >= 15 is 0 Å². The van der Waals surface area contributed by atoms with Crippen molar-refractivity contribution in [2.24, 2.45) is 11.5 Å². The molecule has 0 spiro atoms. The molecule has 1 amide bonds. The van der Waals surface area contributed by atoms with E-state index in [0.717, 1.165) is 0 Å². The number of amides is 1. The Morgan fingerprint density at radius 1 is 1.36 bits per heavy atom. The predicted molar refractivity (Wildman–Crippen MR) is 37.5 cm³/mol. The number of carbonyl (C=O) groups excluding carboxylic acids is 1. The van der Waals surface area contributed by atoms with Crippen molar-refractivity contribution >= 4 is 18.3 Å². The van der Waals surface area contributed by atoms with Crippen molar-refractivity contribution in [3.8, 4) is 0 Å². The summed E-state index contributed by atoms with van der Waals surface area (Å²) in [6, 6.07) is 0. The summed E-state index contributed by atoms with van der Waals surface area (Å²) >= 11 is 0. The fourth-order valence-electron chi connectivity index (χ4n) is 1.05. The van der Waals surface area contributed by atoms with E-state index in [4.69, 9.17) is 11.5 Å². The van der Waals surface area contributed by atoms with Gasteiger partial charge in [-0.05, 0) is 0 Å². The SMILES string of the molecule is Cl.NC(=O)C1(N)CC(F)(F)C1. The Balaban J connectivity index is 0.000001000. The van der Waals surface area contributed by atoms with Gasteiger partial charge in [-0.25, -0.2) is 8.78 Å². The zero-order chi connectivity index (χ0) is 7.99. The lowest BCUT2D eigenvalue weighted by atomic mass is 9.74. The fraction of sp³-hybridized carbons (Fsp3) is 0.800. The van der Waals surface area contributed by atoms with Gasteiger partial charge in [0.2, 0.25) is 5.91 Å². The van der Waals surface area contributed by atoms with Crippen molar-refractivity contribution in [2.75, 3.05) is 0 Å². The molecular formula is C5H9ClF2N2O. The number of carbonyl (C=O) groups is 1. The molecule has 1 saturated carbocycles. The van der Waals surface area contributed by atoms with Crippen LogP contribution in [0.15, 0.2) is 0 Å². The molecule has 1 aliphatic carbocycles. The van der Waals surface area contributed by atoms with Gasteiger partial charge in [0.05, 0.1) is 0 Å². The second kappa shape index (κ2) is 2.57. The lowest BCUT2D eigenvalue weighted by Gasteiger charge is -2.41. The van der Waals surface area contributed by atoms with Crippen molar-refractivity contribution in [3.05, 3.63) is 0 Å². The molecule has 3 nitrogen and oxygen atoms in total. The number of nitrogens with two attached hydrogens (primary N) is 2. The summed E-state index contributed by atoms with van der Waals surface area (Å²) in [5.74, 6) is -3.64. The van der Waals surface area contributed by atoms with E-state index in [9.17, 15) is 13.6 Å². The van der Waals surface area contributed by atoms with Gasteiger partial charge < -0.3 is 11.5 Å². The number of rotatable bonds is 1. The van der Waals surface area contributed by atoms with E-state index in [1.54, 1.807) is 0 Å². The van der Waals surface area contributed by atoms with Gasteiger partial charge in [-0.2, -0.15) is 0 Å². The Morgan fingerprint density at radius 3 is 1.82 bits per heavy atom. The maximum Gasteiger partial charge on any atom is 0.252 e. The van der Waals surface area contributed by atoms with Gasteiger partial charge >= 0.3 is 0 Å². The Bertz CT molecular complexity index is 177. The molecule has 0 aromatic carbocycles. The van der Waals surface area contributed by atoms with Gasteiger partial charge in [-0.15, -0.1) is 12.4 Å². The van der Waals surface area contributed by atoms with E-state index < -0.39 is 30.2 Å². The summed E-state index contributed by atoms with van der Waals surface area (Å²) in [6.45, 7) is 0. The minimum absolute atomic E-state index is 0. The van der Waals surface area contributed by atoms with Crippen molar-refractivity contribution < 1.29 is 13.6 Å². The fourth-order valence-corrected chi connectivity index (χ4v) is 1.05. The van der Waals surface area contributed by atoms with Crippen LogP contribution in [0.4, 0.5) is 8.78 Å². The third kappa shape index (κ3) is 1.78. The lowest BCUT2D eigenvalue weighted by molar-refractivity contribution is -0.153. The Morgan fingerprint density at radius 2 is 1.73 bits per heavy atom. The normalized spacial score (nSPS) is 24.6. The zero-order valence-electron chi connectivity index (χ0n) is 5.64. The summed E-state index contributed by atoms with van der Waals surface area (Å²) in [6.07, 6.45) is -1.23. The highest BCUT2D eigenvalue weighted by molar-refractivity contribution is 5.86. The van der Waals surface area contributed by atoms with Gasteiger partial charge in [0.25, 0.3) is 5.92 Å². The first-order chi connectivity index (χ1) is 4.36. The quantitative estimate of drug-likeness (QED) is 0.606. The smallest absolute Gasteiger partial charge is 0.252 e. The van der Waals surface area contributed by atoms with Crippen LogP contribution < -0.4 is 11.5 Å². The molecule has 6 heteroatoms. The van der Waals surface area contributed by atoms with Crippen LogP contribution in [0.5, 0.6) is 0 Å². The minimum Gasteiger partial charge on any atom is -0.368 e. The molecular weight excluding hydrogens is 178 g/mol. The van der Waals surface area contributed by atoms with Crippen LogP contribution in [0.25, 0.3) is 0 Å². The molecule has 0 atom stereocenters. The van der Waals surface area contributed by atoms with Gasteiger partial charge in [0.15, 0.2) is 0 Å². The molecule has 0 aliphatic heterocycles. The summed E-state index contributed by atoms with van der Waals surface area (Å²) in [5, 5.41) is 0. The van der Waals surface area contributed by atoms with Crippen molar-refractivity contribution in [1.29, 1.82) is 0 Å². The molecule has 0 radical (unpaired) electrons. The molecule has 1 aliphatic rings. The maximum atomic E-state index is 12.1. The standard InChI is InChI=1S/C5H8F2N2O.ClH/c6-5(7)1-4(9,2-5)3(8)10;/h1-2,9H2,(H2,8,10);1H. The van der Waals surface area contributed by atoms with Crippen LogP contribution in [0.1, 0.15) is 12.8 Å². The molecule has 0 heterocycles. The largest absolute Gasteiger partial charge is 0.368 e. The second-order valence-corrected chi connectivity index (χ2v) is 2.73. The Hall–Kier alpha value is -0.420. The molecule has 4 N–H and O–H groups in total. The molecule has 1 rings (SSSR count). The van der Waals surface area contributed by atoms with E-state index in [-0.39, 0.29) is 12.4 Å². The molecule has 0 aromatic rings. The first-order valence-electron chi connectivity index (χ1n) is 2.82. The summed E-state index contributed by atoms with van der Waals surface area (Å²) < 4.78 is 24.2. The van der Waals surface area contributed by atoms with Crippen LogP contribution in [0.2, 0.25) is 0 Å². The van der Waals surface area contributed by atoms with Crippen LogP contribution in [-0.4, -0.2) is 17.4 Å². The number of primary amides is 1. The maximum absolute atomic E-state index is 12.1. The van der Waals surface area contributed by atoms with Crippen molar-refractivity contribution in [3.63, 3.8) is 0 Å². The number of halogens is 3.